The van der Waals surface area contributed by atoms with Gasteiger partial charge in [-0.25, -0.2) is 19.2 Å². The third kappa shape index (κ3) is 5.79. The standard InChI is InChI=1S/C25H28ClFN4O2S/c1-2-19-23(26)22-20(10-6-14-4-3-5-16(28)12-14)30-25(31-24(22)29-19)34-17-9-7-15(18(27)13-17)8-11-21(32)33/h7-9,11,13-14,16H,2-6,10,12,28H2,1H3,(H,32,33)(H,29,30,31)/b11-8+/t14?,16-/m1/s1. The van der Waals surface area contributed by atoms with Crippen LogP contribution in [-0.2, 0) is 17.6 Å². The molecule has 2 atom stereocenters. The molecule has 0 amide bonds. The van der Waals surface area contributed by atoms with Crippen LogP contribution in [0.2, 0.25) is 5.02 Å². The molecule has 1 aliphatic rings. The van der Waals surface area contributed by atoms with E-state index in [2.05, 4.69) is 9.97 Å². The number of nitrogens with one attached hydrogen (secondary N) is 1. The van der Waals surface area contributed by atoms with Gasteiger partial charge in [-0.05, 0) is 68.0 Å². The van der Waals surface area contributed by atoms with Crippen molar-refractivity contribution in [3.63, 3.8) is 0 Å². The molecule has 1 fully saturated rings. The molecule has 1 unspecified atom stereocenters. The topological polar surface area (TPSA) is 105 Å². The molecule has 2 aromatic heterocycles. The van der Waals surface area contributed by atoms with Crippen LogP contribution in [0.15, 0.2) is 34.3 Å². The Bertz CT molecular complexity index is 1230. The number of aromatic amines is 1. The maximum Gasteiger partial charge on any atom is 0.328 e. The van der Waals surface area contributed by atoms with Gasteiger partial charge in [-0.1, -0.05) is 37.4 Å². The van der Waals surface area contributed by atoms with E-state index in [-0.39, 0.29) is 11.6 Å². The maximum absolute atomic E-state index is 14.5. The van der Waals surface area contributed by atoms with E-state index < -0.39 is 11.8 Å². The van der Waals surface area contributed by atoms with E-state index in [0.29, 0.717) is 26.6 Å². The van der Waals surface area contributed by atoms with E-state index in [1.54, 1.807) is 12.1 Å². The van der Waals surface area contributed by atoms with Gasteiger partial charge in [0.05, 0.1) is 16.1 Å². The van der Waals surface area contributed by atoms with Gasteiger partial charge in [-0.15, -0.1) is 0 Å². The number of aliphatic carboxylic acids is 1. The predicted molar refractivity (Wildman–Crippen MR) is 134 cm³/mol. The number of hydrogen-bond donors (Lipinski definition) is 3. The van der Waals surface area contributed by atoms with Crippen LogP contribution in [0.4, 0.5) is 4.39 Å². The lowest BCUT2D eigenvalue weighted by Gasteiger charge is -2.26. The molecule has 4 N–H and O–H groups in total. The van der Waals surface area contributed by atoms with Crippen molar-refractivity contribution in [3.05, 3.63) is 52.1 Å². The molecule has 9 heteroatoms. The number of fused-ring (bicyclic) bond motifs is 1. The number of nitrogens with zero attached hydrogens (tertiary/aromatic N) is 2. The Hall–Kier alpha value is -2.42. The van der Waals surface area contributed by atoms with Gasteiger partial charge in [0.2, 0.25) is 0 Å². The molecule has 0 bridgehead atoms. The quantitative estimate of drug-likeness (QED) is 0.257. The van der Waals surface area contributed by atoms with Crippen LogP contribution in [-0.4, -0.2) is 32.1 Å². The zero-order valence-electron chi connectivity index (χ0n) is 19.0. The van der Waals surface area contributed by atoms with Gasteiger partial charge < -0.3 is 15.8 Å². The molecule has 1 aromatic carbocycles. The number of rotatable bonds is 8. The summed E-state index contributed by atoms with van der Waals surface area (Å²) in [5, 5.41) is 10.8. The van der Waals surface area contributed by atoms with E-state index in [1.165, 1.54) is 36.7 Å². The van der Waals surface area contributed by atoms with E-state index in [0.717, 1.165) is 55.0 Å². The fraction of sp³-hybridized carbons (Fsp3) is 0.400. The van der Waals surface area contributed by atoms with Crippen molar-refractivity contribution in [2.45, 2.75) is 68.0 Å². The van der Waals surface area contributed by atoms with Crippen LogP contribution in [0.25, 0.3) is 17.1 Å². The van der Waals surface area contributed by atoms with E-state index >= 15 is 0 Å². The van der Waals surface area contributed by atoms with Gasteiger partial charge in [-0.3, -0.25) is 0 Å². The molecule has 4 rings (SSSR count). The third-order valence-corrected chi connectivity index (χ3v) is 7.54. The number of H-pyrrole nitrogens is 1. The van der Waals surface area contributed by atoms with Crippen molar-refractivity contribution in [1.82, 2.24) is 15.0 Å². The number of nitrogens with two attached hydrogens (primary N) is 1. The zero-order valence-corrected chi connectivity index (χ0v) is 20.6. The van der Waals surface area contributed by atoms with E-state index in [1.807, 2.05) is 6.92 Å². The maximum atomic E-state index is 14.5. The van der Waals surface area contributed by atoms with E-state index in [9.17, 15) is 9.18 Å². The van der Waals surface area contributed by atoms with Gasteiger partial charge in [0.15, 0.2) is 5.16 Å². The normalized spacial score (nSPS) is 18.7. The molecule has 0 radical (unpaired) electrons. The number of halogens is 2. The monoisotopic (exact) mass is 502 g/mol. The molecular formula is C25H28ClFN4O2S. The Morgan fingerprint density at radius 2 is 2.21 bits per heavy atom. The van der Waals surface area contributed by atoms with Gasteiger partial charge in [0.1, 0.15) is 11.5 Å². The van der Waals surface area contributed by atoms with Gasteiger partial charge in [0.25, 0.3) is 0 Å². The fourth-order valence-corrected chi connectivity index (χ4v) is 5.71. The Labute approximate surface area is 207 Å². The summed E-state index contributed by atoms with van der Waals surface area (Å²) in [6.07, 6.45) is 9.16. The second-order valence-corrected chi connectivity index (χ2v) is 10.2. The molecule has 2 heterocycles. The van der Waals surface area contributed by atoms with Crippen LogP contribution in [0.5, 0.6) is 0 Å². The lowest BCUT2D eigenvalue weighted by atomic mass is 9.83. The zero-order chi connectivity index (χ0) is 24.2. The van der Waals surface area contributed by atoms with Crippen molar-refractivity contribution >= 4 is 46.4 Å². The van der Waals surface area contributed by atoms with Crippen LogP contribution in [0.3, 0.4) is 0 Å². The van der Waals surface area contributed by atoms with Crippen molar-refractivity contribution in [2.75, 3.05) is 0 Å². The Morgan fingerprint density at radius 1 is 1.38 bits per heavy atom. The van der Waals surface area contributed by atoms with Crippen molar-refractivity contribution in [3.8, 4) is 0 Å². The number of hydrogen-bond acceptors (Lipinski definition) is 5. The summed E-state index contributed by atoms with van der Waals surface area (Å²) in [5.41, 5.74) is 8.90. The summed E-state index contributed by atoms with van der Waals surface area (Å²) >= 11 is 7.94. The second-order valence-electron chi connectivity index (χ2n) is 8.74. The Kier molecular flexibility index (Phi) is 7.91. The first kappa shape index (κ1) is 24.7. The smallest absolute Gasteiger partial charge is 0.328 e. The molecule has 6 nitrogen and oxygen atoms in total. The third-order valence-electron chi connectivity index (χ3n) is 6.27. The van der Waals surface area contributed by atoms with Crippen LogP contribution < -0.4 is 5.73 Å². The lowest BCUT2D eigenvalue weighted by molar-refractivity contribution is -0.131. The summed E-state index contributed by atoms with van der Waals surface area (Å²) in [4.78, 5) is 24.1. The highest BCUT2D eigenvalue weighted by Gasteiger charge is 2.22. The number of carboxylic acids is 1. The molecule has 0 spiro atoms. The van der Waals surface area contributed by atoms with Gasteiger partial charge in [-0.2, -0.15) is 0 Å². The minimum absolute atomic E-state index is 0.207. The first-order valence-electron chi connectivity index (χ1n) is 11.5. The average Bonchev–Trinajstić information content (AvgIpc) is 3.12. The fourth-order valence-electron chi connectivity index (χ4n) is 4.53. The summed E-state index contributed by atoms with van der Waals surface area (Å²) in [7, 11) is 0. The Balaban J connectivity index is 1.61. The first-order valence-corrected chi connectivity index (χ1v) is 12.7. The number of aromatic nitrogens is 3. The molecule has 3 aromatic rings. The summed E-state index contributed by atoms with van der Waals surface area (Å²) in [6.45, 7) is 2.03. The minimum Gasteiger partial charge on any atom is -0.478 e. The number of benzene rings is 1. The molecule has 1 aliphatic carbocycles. The van der Waals surface area contributed by atoms with Gasteiger partial charge in [0, 0.05) is 28.3 Å². The molecule has 180 valence electrons. The van der Waals surface area contributed by atoms with Crippen LogP contribution in [0, 0.1) is 11.7 Å². The highest BCUT2D eigenvalue weighted by atomic mass is 35.5. The Morgan fingerprint density at radius 3 is 2.91 bits per heavy atom. The summed E-state index contributed by atoms with van der Waals surface area (Å²) in [6, 6.07) is 4.91. The van der Waals surface area contributed by atoms with Crippen LogP contribution >= 0.6 is 23.4 Å². The lowest BCUT2D eigenvalue weighted by Crippen LogP contribution is -2.28. The predicted octanol–water partition coefficient (Wildman–Crippen LogP) is 6.01. The number of aryl methyl sites for hydroxylation is 2. The second kappa shape index (κ2) is 10.9. The molecular weight excluding hydrogens is 475 g/mol. The highest BCUT2D eigenvalue weighted by molar-refractivity contribution is 7.99. The molecule has 0 saturated heterocycles. The molecule has 1 saturated carbocycles. The highest BCUT2D eigenvalue weighted by Crippen LogP contribution is 2.35. The average molecular weight is 503 g/mol. The minimum atomic E-state index is -1.13. The van der Waals surface area contributed by atoms with Crippen LogP contribution in [0.1, 0.15) is 56.0 Å². The van der Waals surface area contributed by atoms with E-state index in [4.69, 9.17) is 27.4 Å². The van der Waals surface area contributed by atoms with Crippen molar-refractivity contribution in [2.24, 2.45) is 11.7 Å². The van der Waals surface area contributed by atoms with Crippen molar-refractivity contribution in [1.29, 1.82) is 0 Å². The SMILES string of the molecule is CCc1[nH]c2nc(Sc3ccc(/C=C/C(=O)O)c(F)c3)nc(CCC3CCC[C@@H](N)C3)c2c1Cl. The molecule has 0 aliphatic heterocycles. The molecule has 34 heavy (non-hydrogen) atoms. The largest absolute Gasteiger partial charge is 0.478 e. The number of carboxylic acid groups (broad SMARTS) is 1. The van der Waals surface area contributed by atoms with Crippen molar-refractivity contribution < 1.29 is 14.3 Å². The summed E-state index contributed by atoms with van der Waals surface area (Å²) < 4.78 is 14.5. The summed E-state index contributed by atoms with van der Waals surface area (Å²) in [5.74, 6) is -1.05. The first-order chi connectivity index (χ1) is 16.3. The van der Waals surface area contributed by atoms with Gasteiger partial charge >= 0.3 is 5.97 Å². The number of carbonyl (C=O) groups is 1.